The van der Waals surface area contributed by atoms with E-state index in [1.807, 2.05) is 37.2 Å². The fourth-order valence-corrected chi connectivity index (χ4v) is 2.26. The summed E-state index contributed by atoms with van der Waals surface area (Å²) < 4.78 is 2.19. The van der Waals surface area contributed by atoms with Gasteiger partial charge in [0.1, 0.15) is 0 Å². The van der Waals surface area contributed by atoms with Gasteiger partial charge in [0.2, 0.25) is 5.95 Å². The number of para-hydroxylation sites is 2. The highest BCUT2D eigenvalue weighted by Gasteiger charge is 2.13. The zero-order chi connectivity index (χ0) is 13.4. The van der Waals surface area contributed by atoms with Crippen LogP contribution in [0, 0.1) is 6.92 Å². The molecule has 3 rings (SSSR count). The number of anilines is 1. The Balaban J connectivity index is 2.31. The second-order valence-corrected chi connectivity index (χ2v) is 4.97. The second kappa shape index (κ2) is 4.43. The summed E-state index contributed by atoms with van der Waals surface area (Å²) in [7, 11) is 4.04. The van der Waals surface area contributed by atoms with Crippen LogP contribution in [0.25, 0.3) is 16.7 Å². The van der Waals surface area contributed by atoms with Gasteiger partial charge in [-0.3, -0.25) is 4.57 Å². The molecule has 0 radical (unpaired) electrons. The first-order chi connectivity index (χ1) is 9.16. The zero-order valence-corrected chi connectivity index (χ0v) is 11.5. The predicted molar refractivity (Wildman–Crippen MR) is 80.1 cm³/mol. The number of hydrogen-bond acceptors (Lipinski definition) is 2. The van der Waals surface area contributed by atoms with Crippen LogP contribution in [0.5, 0.6) is 0 Å². The topological polar surface area (TPSA) is 21.1 Å². The van der Waals surface area contributed by atoms with Crippen LogP contribution >= 0.6 is 0 Å². The molecule has 96 valence electrons. The Kier molecular flexibility index (Phi) is 2.75. The molecule has 19 heavy (non-hydrogen) atoms. The van der Waals surface area contributed by atoms with E-state index in [-0.39, 0.29) is 0 Å². The monoisotopic (exact) mass is 251 g/mol. The smallest absolute Gasteiger partial charge is 0.210 e. The molecule has 0 spiro atoms. The maximum Gasteiger partial charge on any atom is 0.210 e. The molecule has 3 nitrogen and oxygen atoms in total. The van der Waals surface area contributed by atoms with Crippen molar-refractivity contribution in [1.29, 1.82) is 0 Å². The second-order valence-electron chi connectivity index (χ2n) is 4.97. The molecule has 0 saturated heterocycles. The van der Waals surface area contributed by atoms with Gasteiger partial charge < -0.3 is 4.90 Å². The molecule has 3 heteroatoms. The van der Waals surface area contributed by atoms with Crippen molar-refractivity contribution >= 4 is 17.0 Å². The number of nitrogens with zero attached hydrogens (tertiary/aromatic N) is 3. The average Bonchev–Trinajstić information content (AvgIpc) is 2.79. The van der Waals surface area contributed by atoms with Crippen molar-refractivity contribution < 1.29 is 0 Å². The van der Waals surface area contributed by atoms with Crippen molar-refractivity contribution in [2.75, 3.05) is 19.0 Å². The summed E-state index contributed by atoms with van der Waals surface area (Å²) in [4.78, 5) is 6.74. The van der Waals surface area contributed by atoms with E-state index in [2.05, 4.69) is 41.8 Å². The van der Waals surface area contributed by atoms with Crippen molar-refractivity contribution in [3.63, 3.8) is 0 Å². The van der Waals surface area contributed by atoms with Gasteiger partial charge in [0.25, 0.3) is 0 Å². The lowest BCUT2D eigenvalue weighted by molar-refractivity contribution is 0.970. The van der Waals surface area contributed by atoms with Crippen molar-refractivity contribution in [2.45, 2.75) is 6.92 Å². The van der Waals surface area contributed by atoms with Crippen LogP contribution < -0.4 is 4.90 Å². The largest absolute Gasteiger partial charge is 0.348 e. The summed E-state index contributed by atoms with van der Waals surface area (Å²) in [5, 5.41) is 0. The highest BCUT2D eigenvalue weighted by molar-refractivity contribution is 5.81. The number of aryl methyl sites for hydroxylation is 1. The van der Waals surface area contributed by atoms with Gasteiger partial charge in [0, 0.05) is 19.8 Å². The Morgan fingerprint density at radius 3 is 2.32 bits per heavy atom. The van der Waals surface area contributed by atoms with E-state index in [1.54, 1.807) is 0 Å². The van der Waals surface area contributed by atoms with E-state index in [1.165, 1.54) is 5.56 Å². The van der Waals surface area contributed by atoms with E-state index in [0.29, 0.717) is 0 Å². The Bertz CT molecular complexity index is 708. The van der Waals surface area contributed by atoms with Gasteiger partial charge in [-0.25, -0.2) is 4.98 Å². The number of hydrogen-bond donors (Lipinski definition) is 0. The minimum atomic E-state index is 0.949. The maximum atomic E-state index is 4.70. The van der Waals surface area contributed by atoms with Crippen molar-refractivity contribution in [3.05, 3.63) is 54.1 Å². The Hall–Kier alpha value is -2.29. The highest BCUT2D eigenvalue weighted by Crippen LogP contribution is 2.26. The standard InChI is InChI=1S/C16H17N3/c1-12-8-10-13(11-9-12)19-15-7-5-4-6-14(15)17-16(19)18(2)3/h4-11H,1-3H3. The zero-order valence-electron chi connectivity index (χ0n) is 11.5. The predicted octanol–water partition coefficient (Wildman–Crippen LogP) is 3.40. The SMILES string of the molecule is Cc1ccc(-n2c(N(C)C)nc3ccccc32)cc1. The molecule has 1 aromatic heterocycles. The third-order valence-corrected chi connectivity index (χ3v) is 3.24. The van der Waals surface area contributed by atoms with Crippen LogP contribution in [0.4, 0.5) is 5.95 Å². The average molecular weight is 251 g/mol. The van der Waals surface area contributed by atoms with Gasteiger partial charge >= 0.3 is 0 Å². The lowest BCUT2D eigenvalue weighted by Crippen LogP contribution is -2.14. The van der Waals surface area contributed by atoms with Gasteiger partial charge in [0.15, 0.2) is 0 Å². The third-order valence-electron chi connectivity index (χ3n) is 3.24. The van der Waals surface area contributed by atoms with Crippen molar-refractivity contribution in [1.82, 2.24) is 9.55 Å². The van der Waals surface area contributed by atoms with Crippen LogP contribution in [-0.4, -0.2) is 23.6 Å². The number of benzene rings is 2. The van der Waals surface area contributed by atoms with Crippen LogP contribution in [0.1, 0.15) is 5.56 Å². The molecule has 0 fully saturated rings. The van der Waals surface area contributed by atoms with E-state index in [9.17, 15) is 0 Å². The van der Waals surface area contributed by atoms with Crippen molar-refractivity contribution in [2.24, 2.45) is 0 Å². The fourth-order valence-electron chi connectivity index (χ4n) is 2.26. The third kappa shape index (κ3) is 1.97. The minimum Gasteiger partial charge on any atom is -0.348 e. The number of rotatable bonds is 2. The molecule has 0 saturated carbocycles. The lowest BCUT2D eigenvalue weighted by atomic mass is 10.2. The Morgan fingerprint density at radius 2 is 1.63 bits per heavy atom. The normalized spacial score (nSPS) is 10.9. The van der Waals surface area contributed by atoms with Crippen molar-refractivity contribution in [3.8, 4) is 5.69 Å². The van der Waals surface area contributed by atoms with Gasteiger partial charge in [-0.1, -0.05) is 29.8 Å². The quantitative estimate of drug-likeness (QED) is 0.696. The van der Waals surface area contributed by atoms with Gasteiger partial charge in [-0.15, -0.1) is 0 Å². The highest BCUT2D eigenvalue weighted by atomic mass is 15.3. The fraction of sp³-hybridized carbons (Fsp3) is 0.188. The van der Waals surface area contributed by atoms with Gasteiger partial charge in [-0.05, 0) is 31.2 Å². The molecular weight excluding hydrogens is 234 g/mol. The molecule has 3 aromatic rings. The summed E-state index contributed by atoms with van der Waals surface area (Å²) in [5.74, 6) is 0.949. The number of aromatic nitrogens is 2. The minimum absolute atomic E-state index is 0.949. The molecule has 0 amide bonds. The summed E-state index contributed by atoms with van der Waals surface area (Å²) >= 11 is 0. The van der Waals surface area contributed by atoms with Gasteiger partial charge in [-0.2, -0.15) is 0 Å². The number of fused-ring (bicyclic) bond motifs is 1. The maximum absolute atomic E-state index is 4.70. The summed E-state index contributed by atoms with van der Waals surface area (Å²) in [5.41, 5.74) is 4.56. The number of imidazole rings is 1. The first kappa shape index (κ1) is 11.8. The molecule has 0 aliphatic carbocycles. The van der Waals surface area contributed by atoms with E-state index >= 15 is 0 Å². The van der Waals surface area contributed by atoms with Crippen LogP contribution in [0.2, 0.25) is 0 Å². The summed E-state index contributed by atoms with van der Waals surface area (Å²) in [6.45, 7) is 2.10. The molecule has 0 aliphatic heterocycles. The lowest BCUT2D eigenvalue weighted by Gasteiger charge is -2.15. The Morgan fingerprint density at radius 1 is 0.947 bits per heavy atom. The first-order valence-corrected chi connectivity index (χ1v) is 6.38. The molecule has 0 aliphatic rings. The van der Waals surface area contributed by atoms with E-state index in [4.69, 9.17) is 4.98 Å². The molecular formula is C16H17N3. The van der Waals surface area contributed by atoms with E-state index in [0.717, 1.165) is 22.7 Å². The van der Waals surface area contributed by atoms with E-state index < -0.39 is 0 Å². The summed E-state index contributed by atoms with van der Waals surface area (Å²) in [6.07, 6.45) is 0. The molecule has 0 atom stereocenters. The molecule has 2 aromatic carbocycles. The summed E-state index contributed by atoms with van der Waals surface area (Å²) in [6, 6.07) is 16.8. The molecule has 0 unspecified atom stereocenters. The Labute approximate surface area is 113 Å². The molecule has 1 heterocycles. The molecule has 0 N–H and O–H groups in total. The van der Waals surface area contributed by atoms with Gasteiger partial charge in [0.05, 0.1) is 11.0 Å². The van der Waals surface area contributed by atoms with Crippen LogP contribution in [0.3, 0.4) is 0 Å². The van der Waals surface area contributed by atoms with Crippen LogP contribution in [-0.2, 0) is 0 Å². The molecule has 0 bridgehead atoms. The van der Waals surface area contributed by atoms with Crippen LogP contribution in [0.15, 0.2) is 48.5 Å². The first-order valence-electron chi connectivity index (χ1n) is 6.38.